The van der Waals surface area contributed by atoms with Crippen LogP contribution in [0.2, 0.25) is 0 Å². The lowest BCUT2D eigenvalue weighted by atomic mass is 10.0. The summed E-state index contributed by atoms with van der Waals surface area (Å²) in [7, 11) is 0. The fourth-order valence-corrected chi connectivity index (χ4v) is 2.73. The molecule has 0 spiro atoms. The first-order chi connectivity index (χ1) is 11.8. The van der Waals surface area contributed by atoms with Crippen LogP contribution in [0.25, 0.3) is 0 Å². The zero-order valence-corrected chi connectivity index (χ0v) is 15.0. The Balaban J connectivity index is 1.76. The second kappa shape index (κ2) is 8.72. The third-order valence-electron chi connectivity index (χ3n) is 4.50. The van der Waals surface area contributed by atoms with E-state index < -0.39 is 0 Å². The summed E-state index contributed by atoms with van der Waals surface area (Å²) in [5.74, 6) is 2.03. The summed E-state index contributed by atoms with van der Waals surface area (Å²) in [5, 5.41) is 0. The number of unbranched alkanes of at least 4 members (excludes halogenated alkanes) is 2. The van der Waals surface area contributed by atoms with Crippen molar-refractivity contribution in [3.05, 3.63) is 23.3 Å². The molecule has 1 aromatic rings. The number of aryl methyl sites for hydroxylation is 2. The summed E-state index contributed by atoms with van der Waals surface area (Å²) < 4.78 is 22.7. The van der Waals surface area contributed by atoms with Crippen LogP contribution >= 0.6 is 0 Å². The smallest absolute Gasteiger partial charge is 0.123 e. The summed E-state index contributed by atoms with van der Waals surface area (Å²) in [4.78, 5) is 0. The zero-order valence-electron chi connectivity index (χ0n) is 15.0. The maximum atomic E-state index is 6.07. The van der Waals surface area contributed by atoms with E-state index in [0.29, 0.717) is 13.2 Å². The average Bonchev–Trinajstić information content (AvgIpc) is 3.49. The number of hydrogen-bond acceptors (Lipinski definition) is 4. The van der Waals surface area contributed by atoms with E-state index in [2.05, 4.69) is 26.0 Å². The Morgan fingerprint density at radius 1 is 0.833 bits per heavy atom. The molecule has 2 saturated heterocycles. The first-order valence-electron chi connectivity index (χ1n) is 9.44. The van der Waals surface area contributed by atoms with Gasteiger partial charge in [-0.3, -0.25) is 0 Å². The molecule has 3 rings (SSSR count). The molecule has 0 aromatic heterocycles. The number of rotatable bonds is 12. The van der Waals surface area contributed by atoms with E-state index in [1.165, 1.54) is 24.0 Å². The van der Waals surface area contributed by atoms with Crippen molar-refractivity contribution in [1.82, 2.24) is 0 Å². The molecule has 2 atom stereocenters. The Hall–Kier alpha value is -1.26. The third kappa shape index (κ3) is 5.38. The standard InChI is InChI=1S/C20H30O4/c1-3-5-7-15-9-20(24-14-18-12-22-18)16(8-6-4-2)10-19(15)23-13-17-11-21-17/h9-10,17-18H,3-8,11-14H2,1-2H3. The predicted molar refractivity (Wildman–Crippen MR) is 94.1 cm³/mol. The van der Waals surface area contributed by atoms with Crippen LogP contribution in [0.15, 0.2) is 12.1 Å². The number of hydrogen-bond donors (Lipinski definition) is 0. The largest absolute Gasteiger partial charge is 0.490 e. The van der Waals surface area contributed by atoms with E-state index in [9.17, 15) is 0 Å². The number of ether oxygens (including phenoxy) is 4. The first-order valence-corrected chi connectivity index (χ1v) is 9.44. The van der Waals surface area contributed by atoms with Crippen molar-refractivity contribution in [3.8, 4) is 11.5 Å². The van der Waals surface area contributed by atoms with Crippen LogP contribution < -0.4 is 9.47 Å². The fourth-order valence-electron chi connectivity index (χ4n) is 2.73. The molecule has 0 saturated carbocycles. The summed E-state index contributed by atoms with van der Waals surface area (Å²) in [6, 6.07) is 4.40. The molecule has 24 heavy (non-hydrogen) atoms. The summed E-state index contributed by atoms with van der Waals surface area (Å²) in [6.45, 7) is 7.40. The summed E-state index contributed by atoms with van der Waals surface area (Å²) in [5.41, 5.74) is 2.51. The lowest BCUT2D eigenvalue weighted by Crippen LogP contribution is -2.09. The summed E-state index contributed by atoms with van der Waals surface area (Å²) >= 11 is 0. The molecule has 2 unspecified atom stereocenters. The minimum absolute atomic E-state index is 0.283. The molecule has 4 heteroatoms. The Morgan fingerprint density at radius 3 is 1.58 bits per heavy atom. The van der Waals surface area contributed by atoms with E-state index in [-0.39, 0.29) is 12.2 Å². The van der Waals surface area contributed by atoms with Gasteiger partial charge in [0.15, 0.2) is 0 Å². The second-order valence-corrected chi connectivity index (χ2v) is 6.81. The van der Waals surface area contributed by atoms with E-state index in [4.69, 9.17) is 18.9 Å². The first kappa shape index (κ1) is 17.6. The fraction of sp³-hybridized carbons (Fsp3) is 0.700. The minimum Gasteiger partial charge on any atom is -0.490 e. The van der Waals surface area contributed by atoms with E-state index in [0.717, 1.165) is 50.4 Å². The molecule has 2 fully saturated rings. The Kier molecular flexibility index (Phi) is 6.38. The lowest BCUT2D eigenvalue weighted by Gasteiger charge is -2.17. The van der Waals surface area contributed by atoms with Crippen molar-refractivity contribution < 1.29 is 18.9 Å². The van der Waals surface area contributed by atoms with Crippen LogP contribution in [0.1, 0.15) is 50.7 Å². The van der Waals surface area contributed by atoms with Gasteiger partial charge in [0, 0.05) is 0 Å². The Morgan fingerprint density at radius 2 is 1.25 bits per heavy atom. The van der Waals surface area contributed by atoms with Gasteiger partial charge in [-0.1, -0.05) is 26.7 Å². The Bertz CT molecular complexity index is 473. The van der Waals surface area contributed by atoms with Crippen molar-refractivity contribution in [3.63, 3.8) is 0 Å². The van der Waals surface area contributed by atoms with Crippen LogP contribution in [-0.4, -0.2) is 38.6 Å². The van der Waals surface area contributed by atoms with Gasteiger partial charge in [-0.2, -0.15) is 0 Å². The van der Waals surface area contributed by atoms with Gasteiger partial charge >= 0.3 is 0 Å². The molecule has 2 aliphatic heterocycles. The molecule has 2 heterocycles. The Labute approximate surface area is 145 Å². The van der Waals surface area contributed by atoms with Gasteiger partial charge in [-0.25, -0.2) is 0 Å². The van der Waals surface area contributed by atoms with Gasteiger partial charge in [0.05, 0.1) is 13.2 Å². The van der Waals surface area contributed by atoms with Gasteiger partial charge in [0.25, 0.3) is 0 Å². The van der Waals surface area contributed by atoms with Crippen molar-refractivity contribution in [2.24, 2.45) is 0 Å². The topological polar surface area (TPSA) is 43.5 Å². The molecule has 1 aromatic carbocycles. The normalized spacial score (nSPS) is 21.6. The van der Waals surface area contributed by atoms with Crippen LogP contribution in [0.5, 0.6) is 11.5 Å². The van der Waals surface area contributed by atoms with E-state index in [1.54, 1.807) is 0 Å². The number of benzene rings is 1. The SMILES string of the molecule is CCCCc1cc(OCC2CO2)c(CCCC)cc1OCC1CO1. The summed E-state index contributed by atoms with van der Waals surface area (Å²) in [6.07, 6.45) is 7.30. The zero-order chi connectivity index (χ0) is 16.8. The van der Waals surface area contributed by atoms with Gasteiger partial charge in [0.2, 0.25) is 0 Å². The van der Waals surface area contributed by atoms with Gasteiger partial charge in [0.1, 0.15) is 36.9 Å². The molecular formula is C20H30O4. The van der Waals surface area contributed by atoms with Crippen LogP contribution in [-0.2, 0) is 22.3 Å². The predicted octanol–water partition coefficient (Wildman–Crippen LogP) is 3.93. The quantitative estimate of drug-likeness (QED) is 0.543. The van der Waals surface area contributed by atoms with Gasteiger partial charge in [-0.15, -0.1) is 0 Å². The molecule has 2 aliphatic rings. The van der Waals surface area contributed by atoms with Crippen molar-refractivity contribution in [1.29, 1.82) is 0 Å². The highest BCUT2D eigenvalue weighted by atomic mass is 16.6. The molecule has 134 valence electrons. The molecule has 0 bridgehead atoms. The molecule has 0 aliphatic carbocycles. The highest BCUT2D eigenvalue weighted by molar-refractivity contribution is 5.47. The maximum Gasteiger partial charge on any atom is 0.123 e. The molecule has 0 N–H and O–H groups in total. The van der Waals surface area contributed by atoms with Crippen molar-refractivity contribution >= 4 is 0 Å². The molecule has 4 nitrogen and oxygen atoms in total. The monoisotopic (exact) mass is 334 g/mol. The highest BCUT2D eigenvalue weighted by Crippen LogP contribution is 2.32. The van der Waals surface area contributed by atoms with Crippen LogP contribution in [0, 0.1) is 0 Å². The third-order valence-corrected chi connectivity index (χ3v) is 4.50. The molecular weight excluding hydrogens is 304 g/mol. The van der Waals surface area contributed by atoms with Crippen molar-refractivity contribution in [2.75, 3.05) is 26.4 Å². The van der Waals surface area contributed by atoms with E-state index in [1.807, 2.05) is 0 Å². The molecule has 0 radical (unpaired) electrons. The highest BCUT2D eigenvalue weighted by Gasteiger charge is 2.25. The number of epoxide rings is 2. The van der Waals surface area contributed by atoms with Crippen LogP contribution in [0.4, 0.5) is 0 Å². The minimum atomic E-state index is 0.283. The van der Waals surface area contributed by atoms with Crippen molar-refractivity contribution in [2.45, 2.75) is 64.6 Å². The van der Waals surface area contributed by atoms with Gasteiger partial charge < -0.3 is 18.9 Å². The second-order valence-electron chi connectivity index (χ2n) is 6.81. The average molecular weight is 334 g/mol. The maximum absolute atomic E-state index is 6.07. The lowest BCUT2D eigenvalue weighted by molar-refractivity contribution is 0.254. The van der Waals surface area contributed by atoms with Gasteiger partial charge in [-0.05, 0) is 48.9 Å². The van der Waals surface area contributed by atoms with E-state index >= 15 is 0 Å². The van der Waals surface area contributed by atoms with Crippen LogP contribution in [0.3, 0.4) is 0 Å². The molecule has 0 amide bonds.